The van der Waals surface area contributed by atoms with Crippen molar-refractivity contribution >= 4 is 33.4 Å². The monoisotopic (exact) mass is 474 g/mol. The van der Waals surface area contributed by atoms with E-state index in [9.17, 15) is 4.79 Å². The molecule has 1 aromatic carbocycles. The van der Waals surface area contributed by atoms with Crippen LogP contribution in [0.2, 0.25) is 0 Å². The number of anilines is 1. The van der Waals surface area contributed by atoms with E-state index < -0.39 is 0 Å². The molecule has 176 valence electrons. The first-order valence-electron chi connectivity index (χ1n) is 11.9. The van der Waals surface area contributed by atoms with Crippen LogP contribution in [0.4, 0.5) is 5.13 Å². The first-order chi connectivity index (χ1) is 16.5. The predicted molar refractivity (Wildman–Crippen MR) is 137 cm³/mol. The molecule has 0 aliphatic carbocycles. The molecule has 0 atom stereocenters. The molecule has 4 heterocycles. The van der Waals surface area contributed by atoms with E-state index in [-0.39, 0.29) is 11.9 Å². The zero-order valence-corrected chi connectivity index (χ0v) is 20.7. The zero-order chi connectivity index (χ0) is 23.7. The highest BCUT2D eigenvalue weighted by atomic mass is 32.1. The van der Waals surface area contributed by atoms with Gasteiger partial charge in [0, 0.05) is 23.5 Å². The summed E-state index contributed by atoms with van der Waals surface area (Å²) in [5.74, 6) is -0.190. The number of carbonyl (C=O) groups excluding carboxylic acids is 1. The second-order valence-corrected chi connectivity index (χ2v) is 10.1. The van der Waals surface area contributed by atoms with Crippen molar-refractivity contribution in [3.05, 3.63) is 58.7 Å². The van der Waals surface area contributed by atoms with E-state index in [1.165, 1.54) is 30.6 Å². The van der Waals surface area contributed by atoms with Crippen molar-refractivity contribution in [3.8, 4) is 11.3 Å². The van der Waals surface area contributed by atoms with Crippen LogP contribution >= 0.6 is 11.3 Å². The van der Waals surface area contributed by atoms with Crippen molar-refractivity contribution in [1.82, 2.24) is 24.6 Å². The van der Waals surface area contributed by atoms with Gasteiger partial charge >= 0.3 is 0 Å². The molecule has 1 amide bonds. The molecule has 0 bridgehead atoms. The van der Waals surface area contributed by atoms with Gasteiger partial charge in [0.1, 0.15) is 0 Å². The standard InChI is InChI=1S/C26H30N6OS/c1-17(2)32-24-22(14-27-32)21(13-23(29-24)20-10-6-5-9-18(20)3)25(33)30-26-28-19(16-34-26)15-31-11-7-4-8-12-31/h5-6,9-10,13-14,16-17H,4,7-8,11-12,15H2,1-3H3,(H,28,30,33). The van der Waals surface area contributed by atoms with Crippen LogP contribution in [0.15, 0.2) is 41.9 Å². The molecule has 0 radical (unpaired) electrons. The van der Waals surface area contributed by atoms with E-state index in [4.69, 9.17) is 4.98 Å². The third-order valence-electron chi connectivity index (χ3n) is 6.33. The summed E-state index contributed by atoms with van der Waals surface area (Å²) in [6.07, 6.45) is 5.55. The summed E-state index contributed by atoms with van der Waals surface area (Å²) in [5, 5.41) is 11.0. The average molecular weight is 475 g/mol. The van der Waals surface area contributed by atoms with Gasteiger partial charge in [-0.05, 0) is 58.3 Å². The summed E-state index contributed by atoms with van der Waals surface area (Å²) in [6.45, 7) is 9.26. The maximum atomic E-state index is 13.5. The zero-order valence-electron chi connectivity index (χ0n) is 19.9. The number of rotatable bonds is 6. The molecule has 4 aromatic rings. The molecule has 1 aliphatic rings. The minimum atomic E-state index is -0.190. The Morgan fingerprint density at radius 3 is 2.71 bits per heavy atom. The molecule has 7 nitrogen and oxygen atoms in total. The Hall–Kier alpha value is -3.10. The van der Waals surface area contributed by atoms with Crippen LogP contribution in [0, 0.1) is 6.92 Å². The molecule has 1 aliphatic heterocycles. The molecular weight excluding hydrogens is 444 g/mol. The van der Waals surface area contributed by atoms with Gasteiger partial charge in [-0.25, -0.2) is 14.6 Å². The van der Waals surface area contributed by atoms with Gasteiger partial charge in [-0.2, -0.15) is 5.10 Å². The topological polar surface area (TPSA) is 75.9 Å². The van der Waals surface area contributed by atoms with Crippen LogP contribution in [0.25, 0.3) is 22.3 Å². The number of pyridine rings is 1. The highest BCUT2D eigenvalue weighted by Gasteiger charge is 2.20. The molecule has 0 unspecified atom stereocenters. The summed E-state index contributed by atoms with van der Waals surface area (Å²) >= 11 is 1.47. The molecule has 0 saturated carbocycles. The molecule has 0 spiro atoms. The summed E-state index contributed by atoms with van der Waals surface area (Å²) in [7, 11) is 0. The van der Waals surface area contributed by atoms with Gasteiger partial charge in [-0.1, -0.05) is 30.7 Å². The number of likely N-dealkylation sites (tertiary alicyclic amines) is 1. The highest BCUT2D eigenvalue weighted by Crippen LogP contribution is 2.29. The lowest BCUT2D eigenvalue weighted by atomic mass is 10.0. The lowest BCUT2D eigenvalue weighted by Gasteiger charge is -2.25. The van der Waals surface area contributed by atoms with E-state index in [2.05, 4.69) is 47.1 Å². The number of piperidine rings is 1. The Morgan fingerprint density at radius 1 is 1.15 bits per heavy atom. The molecular formula is C26H30N6OS. The number of thiazole rings is 1. The minimum absolute atomic E-state index is 0.129. The Kier molecular flexibility index (Phi) is 6.43. The van der Waals surface area contributed by atoms with Crippen LogP contribution in [0.1, 0.15) is 60.8 Å². The third-order valence-corrected chi connectivity index (χ3v) is 7.13. The Labute approximate surface area is 203 Å². The van der Waals surface area contributed by atoms with E-state index in [0.29, 0.717) is 16.3 Å². The van der Waals surface area contributed by atoms with Gasteiger partial charge in [-0.3, -0.25) is 15.0 Å². The van der Waals surface area contributed by atoms with E-state index in [0.717, 1.165) is 47.5 Å². The molecule has 5 rings (SSSR count). The average Bonchev–Trinajstić information content (AvgIpc) is 3.46. The Balaban J connectivity index is 1.46. The number of aromatic nitrogens is 4. The number of amides is 1. The lowest BCUT2D eigenvalue weighted by Crippen LogP contribution is -2.29. The number of nitrogens with one attached hydrogen (secondary N) is 1. The highest BCUT2D eigenvalue weighted by molar-refractivity contribution is 7.14. The molecule has 34 heavy (non-hydrogen) atoms. The number of nitrogens with zero attached hydrogens (tertiary/aromatic N) is 5. The van der Waals surface area contributed by atoms with Crippen LogP contribution in [-0.2, 0) is 6.54 Å². The van der Waals surface area contributed by atoms with E-state index >= 15 is 0 Å². The summed E-state index contributed by atoms with van der Waals surface area (Å²) in [4.78, 5) is 25.5. The quantitative estimate of drug-likeness (QED) is 0.389. The van der Waals surface area contributed by atoms with Crippen LogP contribution < -0.4 is 5.32 Å². The molecule has 3 aromatic heterocycles. The molecule has 1 fully saturated rings. The van der Waals surface area contributed by atoms with Crippen molar-refractivity contribution < 1.29 is 4.79 Å². The minimum Gasteiger partial charge on any atom is -0.298 e. The predicted octanol–water partition coefficient (Wildman–Crippen LogP) is 5.68. The normalized spacial score (nSPS) is 14.7. The Bertz CT molecular complexity index is 1320. The molecule has 1 saturated heterocycles. The van der Waals surface area contributed by atoms with Crippen molar-refractivity contribution in [1.29, 1.82) is 0 Å². The number of hydrogen-bond donors (Lipinski definition) is 1. The smallest absolute Gasteiger partial charge is 0.258 e. The molecule has 1 N–H and O–H groups in total. The van der Waals surface area contributed by atoms with Crippen molar-refractivity contribution in [3.63, 3.8) is 0 Å². The number of carbonyl (C=O) groups is 1. The fraction of sp³-hybridized carbons (Fsp3) is 0.385. The van der Waals surface area contributed by atoms with Crippen molar-refractivity contribution in [2.24, 2.45) is 0 Å². The first-order valence-corrected chi connectivity index (χ1v) is 12.8. The first kappa shape index (κ1) is 22.7. The van der Waals surface area contributed by atoms with Crippen molar-refractivity contribution in [2.45, 2.75) is 52.6 Å². The van der Waals surface area contributed by atoms with Gasteiger partial charge in [0.25, 0.3) is 5.91 Å². The molecule has 8 heteroatoms. The lowest BCUT2D eigenvalue weighted by molar-refractivity contribution is 0.102. The van der Waals surface area contributed by atoms with Gasteiger partial charge in [-0.15, -0.1) is 11.3 Å². The maximum absolute atomic E-state index is 13.5. The van der Waals surface area contributed by atoms with Crippen LogP contribution in [0.3, 0.4) is 0 Å². The van der Waals surface area contributed by atoms with Gasteiger partial charge in [0.05, 0.1) is 28.5 Å². The fourth-order valence-corrected chi connectivity index (χ4v) is 5.23. The Morgan fingerprint density at radius 2 is 1.94 bits per heavy atom. The number of aryl methyl sites for hydroxylation is 1. The van der Waals surface area contributed by atoms with E-state index in [1.54, 1.807) is 6.20 Å². The van der Waals surface area contributed by atoms with Gasteiger partial charge < -0.3 is 0 Å². The van der Waals surface area contributed by atoms with E-state index in [1.807, 2.05) is 34.3 Å². The number of fused-ring (bicyclic) bond motifs is 1. The fourth-order valence-electron chi connectivity index (χ4n) is 4.53. The van der Waals surface area contributed by atoms with Crippen molar-refractivity contribution in [2.75, 3.05) is 18.4 Å². The third kappa shape index (κ3) is 4.60. The SMILES string of the molecule is Cc1ccccc1-c1cc(C(=O)Nc2nc(CN3CCCCC3)cs2)c2cnn(C(C)C)c2n1. The van der Waals surface area contributed by atoms with Crippen LogP contribution in [-0.4, -0.2) is 43.6 Å². The summed E-state index contributed by atoms with van der Waals surface area (Å²) in [6, 6.07) is 10.1. The number of hydrogen-bond acceptors (Lipinski definition) is 6. The largest absolute Gasteiger partial charge is 0.298 e. The summed E-state index contributed by atoms with van der Waals surface area (Å²) < 4.78 is 1.87. The second kappa shape index (κ2) is 9.64. The second-order valence-electron chi connectivity index (χ2n) is 9.23. The maximum Gasteiger partial charge on any atom is 0.258 e. The van der Waals surface area contributed by atoms with Gasteiger partial charge in [0.15, 0.2) is 10.8 Å². The number of benzene rings is 1. The van der Waals surface area contributed by atoms with Crippen LogP contribution in [0.5, 0.6) is 0 Å². The summed E-state index contributed by atoms with van der Waals surface area (Å²) in [5.41, 5.74) is 5.17. The van der Waals surface area contributed by atoms with Gasteiger partial charge in [0.2, 0.25) is 0 Å².